The van der Waals surface area contributed by atoms with Crippen molar-refractivity contribution in [1.29, 1.82) is 0 Å². The van der Waals surface area contributed by atoms with Gasteiger partial charge < -0.3 is 4.79 Å². The van der Waals surface area contributed by atoms with Crippen LogP contribution in [0.4, 0.5) is 0 Å². The molecule has 1 aromatic rings. The van der Waals surface area contributed by atoms with Gasteiger partial charge in [0.1, 0.15) is 6.29 Å². The zero-order valence-corrected chi connectivity index (χ0v) is 7.29. The summed E-state index contributed by atoms with van der Waals surface area (Å²) in [6.45, 7) is 0. The predicted octanol–water partition coefficient (Wildman–Crippen LogP) is 2.64. The summed E-state index contributed by atoms with van der Waals surface area (Å²) >= 11 is 5.97. The highest BCUT2D eigenvalue weighted by Crippen LogP contribution is 2.47. The molecule has 12 heavy (non-hydrogen) atoms. The van der Waals surface area contributed by atoms with Crippen molar-refractivity contribution in [3.05, 3.63) is 34.9 Å². The van der Waals surface area contributed by atoms with Crippen LogP contribution in [-0.4, -0.2) is 6.29 Å². The Morgan fingerprint density at radius 3 is 2.75 bits per heavy atom. The molecule has 62 valence electrons. The van der Waals surface area contributed by atoms with Gasteiger partial charge in [0.15, 0.2) is 0 Å². The average molecular weight is 181 g/mol. The van der Waals surface area contributed by atoms with E-state index in [4.69, 9.17) is 11.6 Å². The molecule has 1 aromatic carbocycles. The van der Waals surface area contributed by atoms with Gasteiger partial charge in [-0.1, -0.05) is 29.8 Å². The first-order valence-electron chi connectivity index (χ1n) is 4.02. The summed E-state index contributed by atoms with van der Waals surface area (Å²) in [6, 6.07) is 7.74. The number of aldehydes is 1. The number of benzene rings is 1. The summed E-state index contributed by atoms with van der Waals surface area (Å²) in [7, 11) is 0. The highest BCUT2D eigenvalue weighted by atomic mass is 35.5. The maximum absolute atomic E-state index is 10.4. The van der Waals surface area contributed by atoms with Crippen molar-refractivity contribution in [3.63, 3.8) is 0 Å². The zero-order chi connectivity index (χ0) is 8.55. The lowest BCUT2D eigenvalue weighted by Gasteiger charge is -1.99. The lowest BCUT2D eigenvalue weighted by atomic mass is 10.1. The molecule has 2 heteroatoms. The van der Waals surface area contributed by atoms with Crippen molar-refractivity contribution in [3.8, 4) is 0 Å². The molecule has 0 bridgehead atoms. The van der Waals surface area contributed by atoms with Gasteiger partial charge in [-0.15, -0.1) is 0 Å². The topological polar surface area (TPSA) is 17.1 Å². The first-order chi connectivity index (χ1) is 5.83. The Bertz CT molecular complexity index is 308. The Hall–Kier alpha value is -0.820. The zero-order valence-electron chi connectivity index (χ0n) is 6.53. The largest absolute Gasteiger partial charge is 0.303 e. The fourth-order valence-electron chi connectivity index (χ4n) is 1.50. The Kier molecular flexibility index (Phi) is 1.89. The second-order valence-electron chi connectivity index (χ2n) is 3.16. The van der Waals surface area contributed by atoms with Gasteiger partial charge >= 0.3 is 0 Å². The lowest BCUT2D eigenvalue weighted by molar-refractivity contribution is -0.108. The third-order valence-electron chi connectivity index (χ3n) is 2.32. The van der Waals surface area contributed by atoms with Crippen LogP contribution in [0.1, 0.15) is 17.9 Å². The number of rotatable bonds is 2. The SMILES string of the molecule is O=C[C@@H]1C[C@H]1c1ccccc1Cl. The maximum Gasteiger partial charge on any atom is 0.123 e. The number of halogens is 1. The average Bonchev–Trinajstić information content (AvgIpc) is 2.84. The van der Waals surface area contributed by atoms with E-state index in [0.717, 1.165) is 23.3 Å². The molecule has 0 unspecified atom stereocenters. The summed E-state index contributed by atoms with van der Waals surface area (Å²) in [5, 5.41) is 0.784. The molecule has 0 radical (unpaired) electrons. The first-order valence-corrected chi connectivity index (χ1v) is 4.40. The Labute approximate surface area is 76.4 Å². The van der Waals surface area contributed by atoms with Gasteiger partial charge in [-0.25, -0.2) is 0 Å². The summed E-state index contributed by atoms with van der Waals surface area (Å²) in [5.74, 6) is 0.598. The van der Waals surface area contributed by atoms with E-state index in [-0.39, 0.29) is 5.92 Å². The van der Waals surface area contributed by atoms with Crippen molar-refractivity contribution in [2.24, 2.45) is 5.92 Å². The molecule has 1 aliphatic carbocycles. The highest BCUT2D eigenvalue weighted by molar-refractivity contribution is 6.31. The first kappa shape index (κ1) is 7.81. The number of carbonyl (C=O) groups excluding carboxylic acids is 1. The normalized spacial score (nSPS) is 26.8. The molecule has 0 heterocycles. The molecule has 0 amide bonds. The molecule has 1 fully saturated rings. The van der Waals surface area contributed by atoms with Gasteiger partial charge in [-0.05, 0) is 24.0 Å². The molecule has 2 rings (SSSR count). The van der Waals surface area contributed by atoms with E-state index in [1.165, 1.54) is 0 Å². The molecule has 1 aliphatic rings. The van der Waals surface area contributed by atoms with E-state index >= 15 is 0 Å². The molecule has 1 saturated carbocycles. The molecule has 0 aromatic heterocycles. The minimum absolute atomic E-state index is 0.213. The van der Waals surface area contributed by atoms with Gasteiger partial charge in [0.05, 0.1) is 0 Å². The molecule has 0 N–H and O–H groups in total. The van der Waals surface area contributed by atoms with Crippen LogP contribution in [0.3, 0.4) is 0 Å². The molecule has 0 saturated heterocycles. The summed E-state index contributed by atoms with van der Waals surface area (Å²) in [6.07, 6.45) is 1.99. The van der Waals surface area contributed by atoms with Crippen LogP contribution in [-0.2, 0) is 4.79 Å². The van der Waals surface area contributed by atoms with Gasteiger partial charge in [-0.2, -0.15) is 0 Å². The summed E-state index contributed by atoms with van der Waals surface area (Å²) in [5.41, 5.74) is 1.12. The third-order valence-corrected chi connectivity index (χ3v) is 2.66. The Morgan fingerprint density at radius 2 is 2.17 bits per heavy atom. The predicted molar refractivity (Wildman–Crippen MR) is 48.4 cm³/mol. The quantitative estimate of drug-likeness (QED) is 0.640. The van der Waals surface area contributed by atoms with Crippen molar-refractivity contribution in [2.75, 3.05) is 0 Å². The monoisotopic (exact) mass is 180 g/mol. The number of hydrogen-bond donors (Lipinski definition) is 0. The molecular formula is C10H9ClO. The highest BCUT2D eigenvalue weighted by Gasteiger charge is 2.38. The molecule has 0 aliphatic heterocycles. The van der Waals surface area contributed by atoms with Gasteiger partial charge in [-0.3, -0.25) is 0 Å². The Morgan fingerprint density at radius 1 is 1.42 bits per heavy atom. The van der Waals surface area contributed by atoms with Crippen molar-refractivity contribution >= 4 is 17.9 Å². The van der Waals surface area contributed by atoms with Crippen LogP contribution >= 0.6 is 11.6 Å². The lowest BCUT2D eigenvalue weighted by Crippen LogP contribution is -1.84. The molecule has 1 nitrogen and oxygen atoms in total. The molecular weight excluding hydrogens is 172 g/mol. The smallest absolute Gasteiger partial charge is 0.123 e. The fraction of sp³-hybridized carbons (Fsp3) is 0.300. The van der Waals surface area contributed by atoms with E-state index < -0.39 is 0 Å². The van der Waals surface area contributed by atoms with Crippen LogP contribution in [0.25, 0.3) is 0 Å². The van der Waals surface area contributed by atoms with E-state index in [1.54, 1.807) is 0 Å². The van der Waals surface area contributed by atoms with Crippen molar-refractivity contribution < 1.29 is 4.79 Å². The van der Waals surface area contributed by atoms with Crippen LogP contribution < -0.4 is 0 Å². The Balaban J connectivity index is 2.25. The minimum atomic E-state index is 0.213. The van der Waals surface area contributed by atoms with E-state index in [2.05, 4.69) is 0 Å². The summed E-state index contributed by atoms with van der Waals surface area (Å²) in [4.78, 5) is 10.4. The second kappa shape index (κ2) is 2.91. The standard InChI is InChI=1S/C10H9ClO/c11-10-4-2-1-3-8(10)9-5-7(9)6-12/h1-4,6-7,9H,5H2/t7-,9+/m0/s1. The van der Waals surface area contributed by atoms with Crippen LogP contribution in [0.5, 0.6) is 0 Å². The van der Waals surface area contributed by atoms with Crippen LogP contribution in [0, 0.1) is 5.92 Å². The maximum atomic E-state index is 10.4. The van der Waals surface area contributed by atoms with Gasteiger partial charge in [0.25, 0.3) is 0 Å². The second-order valence-corrected chi connectivity index (χ2v) is 3.57. The third kappa shape index (κ3) is 1.25. The minimum Gasteiger partial charge on any atom is -0.303 e. The van der Waals surface area contributed by atoms with Gasteiger partial charge in [0, 0.05) is 10.9 Å². The fourth-order valence-corrected chi connectivity index (χ4v) is 1.77. The van der Waals surface area contributed by atoms with Crippen LogP contribution in [0.15, 0.2) is 24.3 Å². The molecule has 0 spiro atoms. The number of hydrogen-bond acceptors (Lipinski definition) is 1. The summed E-state index contributed by atoms with van der Waals surface area (Å²) < 4.78 is 0. The van der Waals surface area contributed by atoms with E-state index in [1.807, 2.05) is 24.3 Å². The van der Waals surface area contributed by atoms with E-state index in [0.29, 0.717) is 5.92 Å². The van der Waals surface area contributed by atoms with Crippen LogP contribution in [0.2, 0.25) is 5.02 Å². The number of carbonyl (C=O) groups is 1. The molecule has 2 atom stereocenters. The van der Waals surface area contributed by atoms with E-state index in [9.17, 15) is 4.79 Å². The van der Waals surface area contributed by atoms with Crippen molar-refractivity contribution in [2.45, 2.75) is 12.3 Å². The van der Waals surface area contributed by atoms with Gasteiger partial charge in [0.2, 0.25) is 0 Å². The van der Waals surface area contributed by atoms with Crippen molar-refractivity contribution in [1.82, 2.24) is 0 Å².